The standard InChI is InChI=1S/C25H26N2O5/c1-16-8-10-18(11-9-16)24(28)27-19-7-5-6-17(12-19)15-26-25(29)20-13-22(31-3)23(32-4)14-21(20)30-2/h5-14H,15H2,1-4H3,(H,26,29)(H,27,28). The zero-order chi connectivity index (χ0) is 23.1. The van der Waals surface area contributed by atoms with Crippen molar-refractivity contribution in [2.45, 2.75) is 13.5 Å². The fourth-order valence-electron chi connectivity index (χ4n) is 3.15. The number of rotatable bonds is 8. The number of amides is 2. The van der Waals surface area contributed by atoms with Gasteiger partial charge in [-0.15, -0.1) is 0 Å². The average Bonchev–Trinajstić information content (AvgIpc) is 2.82. The SMILES string of the molecule is COc1cc(OC)c(C(=O)NCc2cccc(NC(=O)c3ccc(C)cc3)c2)cc1OC. The average molecular weight is 434 g/mol. The molecule has 0 aromatic heterocycles. The normalized spacial score (nSPS) is 10.2. The summed E-state index contributed by atoms with van der Waals surface area (Å²) in [6.45, 7) is 2.24. The van der Waals surface area contributed by atoms with Crippen LogP contribution in [0.15, 0.2) is 60.7 Å². The largest absolute Gasteiger partial charge is 0.496 e. The number of carbonyl (C=O) groups is 2. The van der Waals surface area contributed by atoms with Gasteiger partial charge < -0.3 is 24.8 Å². The molecule has 0 spiro atoms. The van der Waals surface area contributed by atoms with E-state index >= 15 is 0 Å². The summed E-state index contributed by atoms with van der Waals surface area (Å²) in [5.41, 5.74) is 3.47. The van der Waals surface area contributed by atoms with Crippen LogP contribution in [0.2, 0.25) is 0 Å². The molecular formula is C25H26N2O5. The minimum atomic E-state index is -0.322. The van der Waals surface area contributed by atoms with Crippen LogP contribution in [0.1, 0.15) is 31.8 Å². The van der Waals surface area contributed by atoms with E-state index in [4.69, 9.17) is 14.2 Å². The number of hydrogen-bond donors (Lipinski definition) is 2. The van der Waals surface area contributed by atoms with Gasteiger partial charge in [-0.3, -0.25) is 9.59 Å². The van der Waals surface area contributed by atoms with Crippen molar-refractivity contribution in [3.8, 4) is 17.2 Å². The molecule has 0 heterocycles. The van der Waals surface area contributed by atoms with E-state index < -0.39 is 0 Å². The summed E-state index contributed by atoms with van der Waals surface area (Å²) < 4.78 is 15.9. The van der Waals surface area contributed by atoms with Gasteiger partial charge in [0.2, 0.25) is 0 Å². The molecule has 0 aliphatic rings. The molecule has 3 aromatic carbocycles. The third kappa shape index (κ3) is 5.37. The molecular weight excluding hydrogens is 408 g/mol. The lowest BCUT2D eigenvalue weighted by Crippen LogP contribution is -2.23. The summed E-state index contributed by atoms with van der Waals surface area (Å²) in [5, 5.41) is 5.75. The van der Waals surface area contributed by atoms with Gasteiger partial charge in [0.1, 0.15) is 5.75 Å². The first kappa shape index (κ1) is 22.7. The highest BCUT2D eigenvalue weighted by atomic mass is 16.5. The maximum absolute atomic E-state index is 12.8. The molecule has 0 aliphatic heterocycles. The highest BCUT2D eigenvalue weighted by Gasteiger charge is 2.17. The van der Waals surface area contributed by atoms with Crippen LogP contribution in [-0.2, 0) is 6.54 Å². The highest BCUT2D eigenvalue weighted by molar-refractivity contribution is 6.04. The number of ether oxygens (including phenoxy) is 3. The lowest BCUT2D eigenvalue weighted by Gasteiger charge is -2.14. The zero-order valence-corrected chi connectivity index (χ0v) is 18.5. The first-order chi connectivity index (χ1) is 15.4. The van der Waals surface area contributed by atoms with Gasteiger partial charge in [0.15, 0.2) is 11.5 Å². The second-order valence-corrected chi connectivity index (χ2v) is 7.11. The van der Waals surface area contributed by atoms with E-state index in [0.29, 0.717) is 34.1 Å². The van der Waals surface area contributed by atoms with Gasteiger partial charge in [0, 0.05) is 29.9 Å². The predicted octanol–water partition coefficient (Wildman–Crippen LogP) is 4.20. The second-order valence-electron chi connectivity index (χ2n) is 7.11. The van der Waals surface area contributed by atoms with E-state index in [1.807, 2.05) is 37.3 Å². The fourth-order valence-corrected chi connectivity index (χ4v) is 3.15. The molecule has 0 bridgehead atoms. The Morgan fingerprint density at radius 3 is 2.09 bits per heavy atom. The smallest absolute Gasteiger partial charge is 0.255 e. The molecule has 3 rings (SSSR count). The Kier molecular flexibility index (Phi) is 7.33. The Hall–Kier alpha value is -4.00. The van der Waals surface area contributed by atoms with Crippen LogP contribution >= 0.6 is 0 Å². The van der Waals surface area contributed by atoms with Gasteiger partial charge in [-0.05, 0) is 36.8 Å². The van der Waals surface area contributed by atoms with Crippen LogP contribution < -0.4 is 24.8 Å². The van der Waals surface area contributed by atoms with Crippen molar-refractivity contribution < 1.29 is 23.8 Å². The van der Waals surface area contributed by atoms with Gasteiger partial charge in [-0.25, -0.2) is 0 Å². The molecule has 0 saturated heterocycles. The number of benzene rings is 3. The van der Waals surface area contributed by atoms with Gasteiger partial charge in [0.25, 0.3) is 11.8 Å². The molecule has 2 amide bonds. The highest BCUT2D eigenvalue weighted by Crippen LogP contribution is 2.34. The van der Waals surface area contributed by atoms with Crippen molar-refractivity contribution in [3.05, 3.63) is 82.9 Å². The van der Waals surface area contributed by atoms with E-state index in [1.54, 1.807) is 30.3 Å². The number of hydrogen-bond acceptors (Lipinski definition) is 5. The van der Waals surface area contributed by atoms with E-state index in [2.05, 4.69) is 10.6 Å². The lowest BCUT2D eigenvalue weighted by molar-refractivity contribution is 0.0946. The topological polar surface area (TPSA) is 85.9 Å². The number of nitrogens with one attached hydrogen (secondary N) is 2. The van der Waals surface area contributed by atoms with Crippen LogP contribution in [0.25, 0.3) is 0 Å². The summed E-state index contributed by atoms with van der Waals surface area (Å²) >= 11 is 0. The molecule has 166 valence electrons. The van der Waals surface area contributed by atoms with E-state index in [9.17, 15) is 9.59 Å². The van der Waals surface area contributed by atoms with Crippen molar-refractivity contribution in [2.24, 2.45) is 0 Å². The van der Waals surface area contributed by atoms with Crippen LogP contribution in [0.4, 0.5) is 5.69 Å². The monoisotopic (exact) mass is 434 g/mol. The molecule has 0 radical (unpaired) electrons. The van der Waals surface area contributed by atoms with E-state index in [1.165, 1.54) is 21.3 Å². The van der Waals surface area contributed by atoms with Crippen molar-refractivity contribution in [1.82, 2.24) is 5.32 Å². The predicted molar refractivity (Wildman–Crippen MR) is 123 cm³/mol. The molecule has 0 aliphatic carbocycles. The minimum Gasteiger partial charge on any atom is -0.496 e. The molecule has 0 unspecified atom stereocenters. The van der Waals surface area contributed by atoms with Gasteiger partial charge in [0.05, 0.1) is 26.9 Å². The molecule has 7 heteroatoms. The van der Waals surface area contributed by atoms with E-state index in [0.717, 1.165) is 11.1 Å². The number of anilines is 1. The third-order valence-electron chi connectivity index (χ3n) is 4.90. The van der Waals surface area contributed by atoms with Gasteiger partial charge in [-0.2, -0.15) is 0 Å². The Bertz CT molecular complexity index is 1110. The molecule has 0 atom stereocenters. The van der Waals surface area contributed by atoms with Crippen LogP contribution in [0.5, 0.6) is 17.2 Å². The summed E-state index contributed by atoms with van der Waals surface area (Å²) in [5.74, 6) is 0.759. The molecule has 2 N–H and O–H groups in total. The molecule has 0 saturated carbocycles. The van der Waals surface area contributed by atoms with Crippen LogP contribution in [0, 0.1) is 6.92 Å². The quantitative estimate of drug-likeness (QED) is 0.555. The Labute approximate surface area is 187 Å². The second kappa shape index (κ2) is 10.3. The van der Waals surface area contributed by atoms with Crippen molar-refractivity contribution in [1.29, 1.82) is 0 Å². The van der Waals surface area contributed by atoms with Crippen molar-refractivity contribution in [2.75, 3.05) is 26.6 Å². The Balaban J connectivity index is 1.69. The lowest BCUT2D eigenvalue weighted by atomic mass is 10.1. The first-order valence-corrected chi connectivity index (χ1v) is 10.00. The van der Waals surface area contributed by atoms with E-state index in [-0.39, 0.29) is 18.4 Å². The number of methoxy groups -OCH3 is 3. The van der Waals surface area contributed by atoms with Crippen LogP contribution in [-0.4, -0.2) is 33.1 Å². The maximum Gasteiger partial charge on any atom is 0.255 e. The van der Waals surface area contributed by atoms with Gasteiger partial charge >= 0.3 is 0 Å². The van der Waals surface area contributed by atoms with Crippen LogP contribution in [0.3, 0.4) is 0 Å². The summed E-state index contributed by atoms with van der Waals surface area (Å²) in [6, 6.07) is 17.8. The fraction of sp³-hybridized carbons (Fsp3) is 0.200. The first-order valence-electron chi connectivity index (χ1n) is 10.00. The maximum atomic E-state index is 12.8. The third-order valence-corrected chi connectivity index (χ3v) is 4.90. The van der Waals surface area contributed by atoms with Crippen molar-refractivity contribution >= 4 is 17.5 Å². The Morgan fingerprint density at radius 1 is 0.781 bits per heavy atom. The summed E-state index contributed by atoms with van der Waals surface area (Å²) in [7, 11) is 4.50. The molecule has 7 nitrogen and oxygen atoms in total. The zero-order valence-electron chi connectivity index (χ0n) is 18.5. The van der Waals surface area contributed by atoms with Crippen molar-refractivity contribution in [3.63, 3.8) is 0 Å². The van der Waals surface area contributed by atoms with Gasteiger partial charge in [-0.1, -0.05) is 29.8 Å². The molecule has 32 heavy (non-hydrogen) atoms. The number of aryl methyl sites for hydroxylation is 1. The minimum absolute atomic E-state index is 0.193. The summed E-state index contributed by atoms with van der Waals surface area (Å²) in [4.78, 5) is 25.2. The number of carbonyl (C=O) groups excluding carboxylic acids is 2. The molecule has 0 fully saturated rings. The Morgan fingerprint density at radius 2 is 1.44 bits per heavy atom. The summed E-state index contributed by atoms with van der Waals surface area (Å²) in [6.07, 6.45) is 0. The molecule has 3 aromatic rings.